The van der Waals surface area contributed by atoms with Crippen LogP contribution in [0.3, 0.4) is 0 Å². The largest absolute Gasteiger partial charge is 0.370 e. The summed E-state index contributed by atoms with van der Waals surface area (Å²) < 4.78 is 14.7. The lowest BCUT2D eigenvalue weighted by molar-refractivity contribution is 0.0975. The maximum absolute atomic E-state index is 14.7. The minimum absolute atomic E-state index is 0.0476. The van der Waals surface area contributed by atoms with Crippen LogP contribution in [-0.2, 0) is 12.8 Å². The molecular weight excluding hydrogens is 465 g/mol. The lowest BCUT2D eigenvalue weighted by atomic mass is 9.96. The van der Waals surface area contributed by atoms with Crippen molar-refractivity contribution in [2.45, 2.75) is 59.3 Å². The van der Waals surface area contributed by atoms with Crippen LogP contribution in [0.1, 0.15) is 79.1 Å². The predicted octanol–water partition coefficient (Wildman–Crippen LogP) is 5.37. The van der Waals surface area contributed by atoms with E-state index in [-0.39, 0.29) is 11.5 Å². The molecule has 0 spiro atoms. The molecule has 2 aromatic carbocycles. The number of nitrogens with one attached hydrogen (secondary N) is 2. The Bertz CT molecular complexity index is 1110. The fourth-order valence-corrected chi connectivity index (χ4v) is 4.03. The second-order valence-electron chi connectivity index (χ2n) is 9.21. The molecule has 0 saturated carbocycles. The number of hydrogen-bond donors (Lipinski definition) is 3. The van der Waals surface area contributed by atoms with E-state index in [4.69, 9.17) is 5.73 Å². The zero-order valence-electron chi connectivity index (χ0n) is 22.3. The number of hydrogen-bond acceptors (Lipinski definition) is 4. The monoisotopic (exact) mass is 505 g/mol. The third kappa shape index (κ3) is 10.2. The molecular formula is C30H40FN5O. The van der Waals surface area contributed by atoms with Crippen molar-refractivity contribution in [1.82, 2.24) is 10.6 Å². The molecule has 37 heavy (non-hydrogen) atoms. The van der Waals surface area contributed by atoms with Crippen molar-refractivity contribution < 1.29 is 9.18 Å². The SMILES string of the molecule is C/C=C\c1cc(C#N)cc(CCc2c(F)cccc2C(=O)NC(N)=NCC2CCNCC2)c1.CCCC. The van der Waals surface area contributed by atoms with Gasteiger partial charge in [0.1, 0.15) is 5.82 Å². The van der Waals surface area contributed by atoms with Gasteiger partial charge in [0.2, 0.25) is 0 Å². The van der Waals surface area contributed by atoms with E-state index in [0.717, 1.165) is 37.1 Å². The normalized spacial score (nSPS) is 14.1. The van der Waals surface area contributed by atoms with Crippen LogP contribution in [0.2, 0.25) is 0 Å². The number of nitrogens with two attached hydrogens (primary N) is 1. The molecule has 198 valence electrons. The van der Waals surface area contributed by atoms with Gasteiger partial charge in [0.15, 0.2) is 5.96 Å². The van der Waals surface area contributed by atoms with Crippen molar-refractivity contribution in [3.63, 3.8) is 0 Å². The van der Waals surface area contributed by atoms with Crippen LogP contribution >= 0.6 is 0 Å². The summed E-state index contributed by atoms with van der Waals surface area (Å²) in [5.41, 5.74) is 8.84. The number of nitriles is 1. The number of nitrogens with zero attached hydrogens (tertiary/aromatic N) is 2. The Hall–Kier alpha value is -3.50. The molecule has 0 radical (unpaired) electrons. The van der Waals surface area contributed by atoms with Gasteiger partial charge < -0.3 is 11.1 Å². The van der Waals surface area contributed by atoms with Crippen LogP contribution in [0.15, 0.2) is 47.5 Å². The van der Waals surface area contributed by atoms with Gasteiger partial charge in [0.25, 0.3) is 5.91 Å². The first kappa shape index (κ1) is 29.7. The van der Waals surface area contributed by atoms with Gasteiger partial charge in [0.05, 0.1) is 11.6 Å². The fraction of sp³-hybridized carbons (Fsp3) is 0.433. The van der Waals surface area contributed by atoms with Crippen LogP contribution in [0.5, 0.6) is 0 Å². The van der Waals surface area contributed by atoms with Crippen molar-refractivity contribution in [1.29, 1.82) is 5.26 Å². The summed E-state index contributed by atoms with van der Waals surface area (Å²) >= 11 is 0. The van der Waals surface area contributed by atoms with Gasteiger partial charge in [-0.3, -0.25) is 15.1 Å². The Morgan fingerprint density at radius 1 is 1.22 bits per heavy atom. The molecule has 1 aliphatic rings. The molecule has 1 saturated heterocycles. The number of aliphatic imine (C=N–C) groups is 1. The quantitative estimate of drug-likeness (QED) is 0.332. The molecule has 3 rings (SSSR count). The Morgan fingerprint density at radius 2 is 1.95 bits per heavy atom. The highest BCUT2D eigenvalue weighted by Crippen LogP contribution is 2.19. The van der Waals surface area contributed by atoms with Gasteiger partial charge >= 0.3 is 0 Å². The van der Waals surface area contributed by atoms with E-state index in [9.17, 15) is 14.4 Å². The molecule has 0 unspecified atom stereocenters. The van der Waals surface area contributed by atoms with E-state index in [1.165, 1.54) is 25.0 Å². The van der Waals surface area contributed by atoms with Gasteiger partial charge in [-0.25, -0.2) is 4.39 Å². The molecule has 0 bridgehead atoms. The topological polar surface area (TPSA) is 103 Å². The number of amides is 1. The van der Waals surface area contributed by atoms with Crippen LogP contribution in [-0.4, -0.2) is 31.5 Å². The molecule has 2 aromatic rings. The standard InChI is InChI=1S/C26H30FN5O.C4H10/c1-2-4-19-13-20(15-21(14-19)16-28)7-8-22-23(5-3-6-24(22)27)25(33)32-26(29)31-17-18-9-11-30-12-10-18;1-3-4-2/h2-6,13-15,18,30H,7-12,17H2,1H3,(H3,29,31,32,33);3-4H2,1-2H3/b4-2-;. The van der Waals surface area contributed by atoms with Crippen molar-refractivity contribution in [2.75, 3.05) is 19.6 Å². The third-order valence-corrected chi connectivity index (χ3v) is 6.25. The molecule has 0 atom stereocenters. The zero-order chi connectivity index (χ0) is 27.0. The van der Waals surface area contributed by atoms with Gasteiger partial charge in [-0.05, 0) is 87.0 Å². The molecule has 7 heteroatoms. The highest BCUT2D eigenvalue weighted by Gasteiger charge is 2.17. The summed E-state index contributed by atoms with van der Waals surface area (Å²) in [6, 6.07) is 12.2. The number of piperidine rings is 1. The number of rotatable bonds is 8. The number of benzene rings is 2. The maximum atomic E-state index is 14.7. The Kier molecular flexibility index (Phi) is 13.1. The summed E-state index contributed by atoms with van der Waals surface area (Å²) in [5.74, 6) is -0.427. The molecule has 6 nitrogen and oxygen atoms in total. The van der Waals surface area contributed by atoms with E-state index in [2.05, 4.69) is 35.5 Å². The lowest BCUT2D eigenvalue weighted by Gasteiger charge is -2.20. The number of aryl methyl sites for hydroxylation is 1. The molecule has 1 amide bonds. The number of carbonyl (C=O) groups is 1. The van der Waals surface area contributed by atoms with E-state index in [1.54, 1.807) is 18.2 Å². The van der Waals surface area contributed by atoms with Crippen molar-refractivity contribution in [2.24, 2.45) is 16.6 Å². The highest BCUT2D eigenvalue weighted by atomic mass is 19.1. The van der Waals surface area contributed by atoms with Crippen molar-refractivity contribution in [3.8, 4) is 6.07 Å². The number of carbonyl (C=O) groups excluding carboxylic acids is 1. The van der Waals surface area contributed by atoms with Crippen molar-refractivity contribution in [3.05, 3.63) is 76.1 Å². The number of halogens is 1. The van der Waals surface area contributed by atoms with E-state index in [0.29, 0.717) is 36.4 Å². The Balaban J connectivity index is 0.00000112. The van der Waals surface area contributed by atoms with Crippen molar-refractivity contribution >= 4 is 17.9 Å². The molecule has 1 aliphatic heterocycles. The first-order chi connectivity index (χ1) is 17.9. The van der Waals surface area contributed by atoms with E-state index >= 15 is 0 Å². The maximum Gasteiger partial charge on any atom is 0.258 e. The summed E-state index contributed by atoms with van der Waals surface area (Å²) in [6.45, 7) is 8.76. The second kappa shape index (κ2) is 16.3. The van der Waals surface area contributed by atoms with Crippen LogP contribution < -0.4 is 16.4 Å². The number of allylic oxidation sites excluding steroid dienone is 1. The van der Waals surface area contributed by atoms with Crippen LogP contribution in [0.25, 0.3) is 6.08 Å². The van der Waals surface area contributed by atoms with Gasteiger partial charge in [0, 0.05) is 17.7 Å². The first-order valence-corrected chi connectivity index (χ1v) is 13.2. The molecule has 1 heterocycles. The lowest BCUT2D eigenvalue weighted by Crippen LogP contribution is -2.38. The number of guanidine groups is 1. The average Bonchev–Trinajstić information content (AvgIpc) is 2.91. The second-order valence-corrected chi connectivity index (χ2v) is 9.21. The summed E-state index contributed by atoms with van der Waals surface area (Å²) in [6.07, 6.45) is 9.31. The summed E-state index contributed by atoms with van der Waals surface area (Å²) in [5, 5.41) is 15.2. The van der Waals surface area contributed by atoms with Gasteiger partial charge in [-0.2, -0.15) is 5.26 Å². The van der Waals surface area contributed by atoms with Crippen LogP contribution in [0.4, 0.5) is 4.39 Å². The van der Waals surface area contributed by atoms with Gasteiger partial charge in [-0.1, -0.05) is 51.0 Å². The summed E-state index contributed by atoms with van der Waals surface area (Å²) in [7, 11) is 0. The highest BCUT2D eigenvalue weighted by molar-refractivity contribution is 6.06. The third-order valence-electron chi connectivity index (χ3n) is 6.25. The molecule has 0 aliphatic carbocycles. The molecule has 4 N–H and O–H groups in total. The Morgan fingerprint density at radius 3 is 2.59 bits per heavy atom. The minimum atomic E-state index is -0.476. The van der Waals surface area contributed by atoms with Crippen LogP contribution in [0, 0.1) is 23.1 Å². The molecule has 0 aromatic heterocycles. The number of unbranched alkanes of at least 4 members (excludes halogenated alkanes) is 1. The first-order valence-electron chi connectivity index (χ1n) is 13.2. The van der Waals surface area contributed by atoms with Gasteiger partial charge in [-0.15, -0.1) is 0 Å². The minimum Gasteiger partial charge on any atom is -0.370 e. The van der Waals surface area contributed by atoms with E-state index in [1.807, 2.05) is 25.1 Å². The fourth-order valence-electron chi connectivity index (χ4n) is 4.03. The summed E-state index contributed by atoms with van der Waals surface area (Å²) in [4.78, 5) is 17.1. The van der Waals surface area contributed by atoms with E-state index < -0.39 is 11.7 Å². The predicted molar refractivity (Wildman–Crippen MR) is 150 cm³/mol. The average molecular weight is 506 g/mol. The smallest absolute Gasteiger partial charge is 0.258 e. The zero-order valence-corrected chi connectivity index (χ0v) is 22.3. The Labute approximate surface area is 220 Å². The molecule has 1 fully saturated rings.